The maximum atomic E-state index is 11.6. The Morgan fingerprint density at radius 1 is 0.862 bits per heavy atom. The molecule has 0 N–H and O–H groups in total. The van der Waals surface area contributed by atoms with Crippen LogP contribution in [0.1, 0.15) is 102 Å². The highest BCUT2D eigenvalue weighted by Crippen LogP contribution is 2.41. The molecule has 3 rings (SSSR count). The van der Waals surface area contributed by atoms with E-state index in [9.17, 15) is 4.79 Å². The fourth-order valence-electron chi connectivity index (χ4n) is 4.53. The number of benzene rings is 2. The molecule has 2 nitrogen and oxygen atoms in total. The molecule has 2 aromatic carbocycles. The van der Waals surface area contributed by atoms with Crippen molar-refractivity contribution in [3.05, 3.63) is 53.6 Å². The van der Waals surface area contributed by atoms with Crippen molar-refractivity contribution in [3.8, 4) is 0 Å². The lowest BCUT2D eigenvalue weighted by Gasteiger charge is -2.25. The predicted octanol–water partition coefficient (Wildman–Crippen LogP) is 8.15. The molecule has 1 aliphatic carbocycles. The number of carbonyl (C=O) groups excluding carboxylic acids is 1. The Balaban J connectivity index is 1.55. The Labute approximate surface area is 176 Å². The SMILES string of the molecule is CCCCCCCCCCCCC1=CC(OC(C)=O)c2cccc3cccc1c23. The van der Waals surface area contributed by atoms with Crippen LogP contribution in [0.3, 0.4) is 0 Å². The minimum Gasteiger partial charge on any atom is -0.453 e. The lowest BCUT2D eigenvalue weighted by atomic mass is 9.84. The van der Waals surface area contributed by atoms with E-state index >= 15 is 0 Å². The number of carbonyl (C=O) groups is 1. The summed E-state index contributed by atoms with van der Waals surface area (Å²) < 4.78 is 5.65. The number of allylic oxidation sites excluding steroid dienone is 1. The highest BCUT2D eigenvalue weighted by Gasteiger charge is 2.23. The molecule has 156 valence electrons. The lowest BCUT2D eigenvalue weighted by molar-refractivity contribution is -0.144. The fraction of sp³-hybridized carbons (Fsp3) is 0.519. The van der Waals surface area contributed by atoms with Gasteiger partial charge in [0.05, 0.1) is 0 Å². The second-order valence-corrected chi connectivity index (χ2v) is 8.40. The summed E-state index contributed by atoms with van der Waals surface area (Å²) in [6, 6.07) is 12.8. The van der Waals surface area contributed by atoms with E-state index in [0.717, 1.165) is 12.0 Å². The van der Waals surface area contributed by atoms with Gasteiger partial charge in [-0.1, -0.05) is 101 Å². The number of rotatable bonds is 12. The molecule has 2 aromatic rings. The first-order valence-electron chi connectivity index (χ1n) is 11.6. The van der Waals surface area contributed by atoms with Crippen LogP contribution in [0.2, 0.25) is 0 Å². The molecular formula is C27H36O2. The number of hydrogen-bond acceptors (Lipinski definition) is 2. The zero-order valence-electron chi connectivity index (χ0n) is 18.2. The Hall–Kier alpha value is -2.09. The monoisotopic (exact) mass is 392 g/mol. The predicted molar refractivity (Wildman–Crippen MR) is 123 cm³/mol. The Kier molecular flexibility index (Phi) is 8.34. The summed E-state index contributed by atoms with van der Waals surface area (Å²) in [7, 11) is 0. The largest absolute Gasteiger partial charge is 0.453 e. The molecule has 1 unspecified atom stereocenters. The topological polar surface area (TPSA) is 26.3 Å². The summed E-state index contributed by atoms with van der Waals surface area (Å²) in [5.41, 5.74) is 3.76. The van der Waals surface area contributed by atoms with Crippen LogP contribution in [0.4, 0.5) is 0 Å². The summed E-state index contributed by atoms with van der Waals surface area (Å²) in [4.78, 5) is 11.6. The number of unbranched alkanes of at least 4 members (excludes halogenated alkanes) is 9. The molecule has 1 atom stereocenters. The van der Waals surface area contributed by atoms with Gasteiger partial charge in [0.1, 0.15) is 6.10 Å². The molecule has 0 aliphatic heterocycles. The van der Waals surface area contributed by atoms with E-state index in [1.165, 1.54) is 93.0 Å². The second kappa shape index (κ2) is 11.2. The molecule has 0 saturated carbocycles. The van der Waals surface area contributed by atoms with Gasteiger partial charge in [-0.25, -0.2) is 0 Å². The third-order valence-electron chi connectivity index (χ3n) is 6.03. The van der Waals surface area contributed by atoms with Gasteiger partial charge < -0.3 is 4.74 Å². The van der Waals surface area contributed by atoms with E-state index in [2.05, 4.69) is 49.4 Å². The van der Waals surface area contributed by atoms with Crippen LogP contribution in [0, 0.1) is 0 Å². The quantitative estimate of drug-likeness (QED) is 0.269. The second-order valence-electron chi connectivity index (χ2n) is 8.40. The molecule has 1 aliphatic rings. The highest BCUT2D eigenvalue weighted by atomic mass is 16.5. The van der Waals surface area contributed by atoms with E-state index in [-0.39, 0.29) is 12.1 Å². The van der Waals surface area contributed by atoms with Crippen LogP contribution >= 0.6 is 0 Å². The van der Waals surface area contributed by atoms with Crippen molar-refractivity contribution in [1.29, 1.82) is 0 Å². The van der Waals surface area contributed by atoms with Gasteiger partial charge >= 0.3 is 5.97 Å². The van der Waals surface area contributed by atoms with Crippen LogP contribution in [-0.2, 0) is 9.53 Å². The zero-order valence-corrected chi connectivity index (χ0v) is 18.2. The van der Waals surface area contributed by atoms with Crippen molar-refractivity contribution >= 4 is 22.3 Å². The fourth-order valence-corrected chi connectivity index (χ4v) is 4.53. The maximum Gasteiger partial charge on any atom is 0.303 e. The summed E-state index contributed by atoms with van der Waals surface area (Å²) in [6.45, 7) is 3.77. The van der Waals surface area contributed by atoms with Crippen molar-refractivity contribution in [2.75, 3.05) is 0 Å². The van der Waals surface area contributed by atoms with Crippen molar-refractivity contribution in [2.45, 2.75) is 90.6 Å². The third kappa shape index (κ3) is 5.95. The Morgan fingerprint density at radius 2 is 1.48 bits per heavy atom. The molecule has 0 radical (unpaired) electrons. The Bertz CT molecular complexity index is 828. The van der Waals surface area contributed by atoms with Crippen LogP contribution in [0.15, 0.2) is 42.5 Å². The first-order chi connectivity index (χ1) is 14.2. The van der Waals surface area contributed by atoms with Gasteiger partial charge in [0, 0.05) is 12.5 Å². The average molecular weight is 393 g/mol. The van der Waals surface area contributed by atoms with E-state index in [1.54, 1.807) is 0 Å². The van der Waals surface area contributed by atoms with Crippen molar-refractivity contribution < 1.29 is 9.53 Å². The molecule has 0 aromatic heterocycles. The number of hydrogen-bond donors (Lipinski definition) is 0. The minimum absolute atomic E-state index is 0.221. The minimum atomic E-state index is -0.260. The molecular weight excluding hydrogens is 356 g/mol. The van der Waals surface area contributed by atoms with Crippen molar-refractivity contribution in [1.82, 2.24) is 0 Å². The molecule has 0 fully saturated rings. The molecule has 0 heterocycles. The van der Waals surface area contributed by atoms with Gasteiger partial charge in [-0.3, -0.25) is 4.79 Å². The summed E-state index contributed by atoms with van der Waals surface area (Å²) in [5.74, 6) is -0.221. The molecule has 0 saturated heterocycles. The number of esters is 1. The van der Waals surface area contributed by atoms with E-state index in [4.69, 9.17) is 4.74 Å². The van der Waals surface area contributed by atoms with Gasteiger partial charge in [-0.2, -0.15) is 0 Å². The van der Waals surface area contributed by atoms with E-state index in [1.807, 2.05) is 0 Å². The van der Waals surface area contributed by atoms with Crippen molar-refractivity contribution in [2.24, 2.45) is 0 Å². The van der Waals surface area contributed by atoms with Crippen LogP contribution in [0.5, 0.6) is 0 Å². The number of ether oxygens (including phenoxy) is 1. The highest BCUT2D eigenvalue weighted by molar-refractivity contribution is 5.98. The zero-order chi connectivity index (χ0) is 20.5. The van der Waals surface area contributed by atoms with Crippen LogP contribution in [0.25, 0.3) is 16.3 Å². The lowest BCUT2D eigenvalue weighted by Crippen LogP contribution is -2.11. The molecule has 29 heavy (non-hydrogen) atoms. The molecule has 0 bridgehead atoms. The maximum absolute atomic E-state index is 11.6. The van der Waals surface area contributed by atoms with Gasteiger partial charge in [0.15, 0.2) is 0 Å². The van der Waals surface area contributed by atoms with Gasteiger partial charge in [0.25, 0.3) is 0 Å². The van der Waals surface area contributed by atoms with Crippen LogP contribution < -0.4 is 0 Å². The summed E-state index contributed by atoms with van der Waals surface area (Å²) in [6.07, 6.45) is 16.4. The summed E-state index contributed by atoms with van der Waals surface area (Å²) >= 11 is 0. The van der Waals surface area contributed by atoms with Gasteiger partial charge in [0.2, 0.25) is 0 Å². The Morgan fingerprint density at radius 3 is 2.14 bits per heavy atom. The van der Waals surface area contributed by atoms with E-state index in [0.29, 0.717) is 0 Å². The van der Waals surface area contributed by atoms with Crippen LogP contribution in [-0.4, -0.2) is 5.97 Å². The van der Waals surface area contributed by atoms with Gasteiger partial charge in [-0.15, -0.1) is 0 Å². The molecule has 0 spiro atoms. The van der Waals surface area contributed by atoms with Gasteiger partial charge in [-0.05, 0) is 40.8 Å². The average Bonchev–Trinajstić information content (AvgIpc) is 2.72. The third-order valence-corrected chi connectivity index (χ3v) is 6.03. The normalized spacial score (nSPS) is 15.4. The first kappa shape index (κ1) is 21.6. The smallest absolute Gasteiger partial charge is 0.303 e. The van der Waals surface area contributed by atoms with E-state index < -0.39 is 0 Å². The summed E-state index contributed by atoms with van der Waals surface area (Å²) in [5, 5.41) is 2.48. The molecule has 0 amide bonds. The molecule has 2 heteroatoms. The first-order valence-corrected chi connectivity index (χ1v) is 11.6. The standard InChI is InChI=1S/C27H36O2/c1-3-4-5-6-7-8-9-10-11-12-15-23-20-26(29-21(2)28)25-19-14-17-22-16-13-18-24(23)27(22)25/h13-14,16-20,26H,3-12,15H2,1-2H3. The van der Waals surface area contributed by atoms with Crippen molar-refractivity contribution in [3.63, 3.8) is 0 Å².